The molecule has 0 fully saturated rings. The molecule has 0 radical (unpaired) electrons. The van der Waals surface area contributed by atoms with Gasteiger partial charge in [-0.15, -0.1) is 11.3 Å². The van der Waals surface area contributed by atoms with Gasteiger partial charge in [-0.2, -0.15) is 0 Å². The van der Waals surface area contributed by atoms with Crippen LogP contribution in [0.25, 0.3) is 11.3 Å². The van der Waals surface area contributed by atoms with Crippen molar-refractivity contribution >= 4 is 49.9 Å². The van der Waals surface area contributed by atoms with Crippen LogP contribution < -0.4 is 15.4 Å². The lowest BCUT2D eigenvalue weighted by molar-refractivity contribution is -0.118. The number of nitrogens with zero attached hydrogens (tertiary/aromatic N) is 1. The largest absolute Gasteiger partial charge is 0.482 e. The molecule has 2 aromatic carbocycles. The highest BCUT2D eigenvalue weighted by molar-refractivity contribution is 9.10. The summed E-state index contributed by atoms with van der Waals surface area (Å²) in [7, 11) is 0. The number of carbonyl (C=O) groups excluding carboxylic acids is 2. The molecule has 6 nitrogen and oxygen atoms in total. The highest BCUT2D eigenvalue weighted by Crippen LogP contribution is 2.33. The van der Waals surface area contributed by atoms with Crippen LogP contribution in [0.1, 0.15) is 10.4 Å². The molecule has 26 heavy (non-hydrogen) atoms. The van der Waals surface area contributed by atoms with Gasteiger partial charge in [0.25, 0.3) is 11.8 Å². The summed E-state index contributed by atoms with van der Waals surface area (Å²) in [6, 6.07) is 12.6. The number of hydrogen-bond donors (Lipinski definition) is 2. The Morgan fingerprint density at radius 1 is 1.23 bits per heavy atom. The minimum absolute atomic E-state index is 0.0231. The van der Waals surface area contributed by atoms with E-state index in [0.717, 1.165) is 10.0 Å². The van der Waals surface area contributed by atoms with Crippen LogP contribution in [-0.4, -0.2) is 23.4 Å². The Balaban J connectivity index is 1.53. The zero-order valence-electron chi connectivity index (χ0n) is 13.3. The van der Waals surface area contributed by atoms with Crippen molar-refractivity contribution in [3.63, 3.8) is 0 Å². The quantitative estimate of drug-likeness (QED) is 0.654. The van der Waals surface area contributed by atoms with Crippen LogP contribution in [0.2, 0.25) is 0 Å². The fraction of sp³-hybridized carbons (Fsp3) is 0.0556. The zero-order valence-corrected chi connectivity index (χ0v) is 15.7. The molecule has 0 saturated heterocycles. The van der Waals surface area contributed by atoms with E-state index in [2.05, 4.69) is 31.5 Å². The molecule has 1 aromatic heterocycles. The standard InChI is InChI=1S/C18H12BrN3O3S/c19-12-4-1-10(2-5-12)17(24)22-18-21-14(9-26-18)11-3-6-15-13(7-11)20-16(23)8-25-15/h1-7,9H,8H2,(H,20,23)(H,21,22,24). The minimum atomic E-state index is -0.218. The van der Waals surface area contributed by atoms with Crippen LogP contribution >= 0.6 is 27.3 Å². The van der Waals surface area contributed by atoms with E-state index in [1.165, 1.54) is 11.3 Å². The van der Waals surface area contributed by atoms with Gasteiger partial charge in [0, 0.05) is 21.0 Å². The predicted molar refractivity (Wildman–Crippen MR) is 104 cm³/mol. The molecule has 0 bridgehead atoms. The smallest absolute Gasteiger partial charge is 0.262 e. The molecule has 4 rings (SSSR count). The van der Waals surface area contributed by atoms with Crippen LogP contribution in [0.5, 0.6) is 5.75 Å². The molecule has 3 aromatic rings. The van der Waals surface area contributed by atoms with Crippen molar-refractivity contribution in [3.05, 3.63) is 57.9 Å². The number of ether oxygens (including phenoxy) is 1. The van der Waals surface area contributed by atoms with Crippen molar-refractivity contribution < 1.29 is 14.3 Å². The monoisotopic (exact) mass is 429 g/mol. The van der Waals surface area contributed by atoms with Gasteiger partial charge in [-0.1, -0.05) is 15.9 Å². The van der Waals surface area contributed by atoms with Crippen LogP contribution in [-0.2, 0) is 4.79 Å². The van der Waals surface area contributed by atoms with Gasteiger partial charge in [0.1, 0.15) is 5.75 Å². The SMILES string of the molecule is O=C1COc2ccc(-c3csc(NC(=O)c4ccc(Br)cc4)n3)cc2N1. The molecule has 0 atom stereocenters. The molecule has 1 aliphatic rings. The second kappa shape index (κ2) is 6.89. The molecule has 0 unspecified atom stereocenters. The molecular weight excluding hydrogens is 418 g/mol. The molecule has 2 amide bonds. The topological polar surface area (TPSA) is 80.3 Å². The molecule has 8 heteroatoms. The first-order valence-corrected chi connectivity index (χ1v) is 9.35. The third kappa shape index (κ3) is 3.47. The highest BCUT2D eigenvalue weighted by atomic mass is 79.9. The first-order valence-electron chi connectivity index (χ1n) is 7.68. The molecule has 2 heterocycles. The van der Waals surface area contributed by atoms with Gasteiger partial charge in [-0.05, 0) is 42.5 Å². The second-order valence-corrected chi connectivity index (χ2v) is 7.32. The van der Waals surface area contributed by atoms with E-state index in [4.69, 9.17) is 4.74 Å². The number of aromatic nitrogens is 1. The lowest BCUT2D eigenvalue weighted by Crippen LogP contribution is -2.25. The summed E-state index contributed by atoms with van der Waals surface area (Å²) >= 11 is 4.68. The van der Waals surface area contributed by atoms with E-state index in [1.54, 1.807) is 18.2 Å². The Kier molecular flexibility index (Phi) is 4.44. The van der Waals surface area contributed by atoms with Gasteiger partial charge in [-0.3, -0.25) is 14.9 Å². The summed E-state index contributed by atoms with van der Waals surface area (Å²) in [5.74, 6) is 0.229. The molecule has 0 aliphatic carbocycles. The average molecular weight is 430 g/mol. The number of hydrogen-bond acceptors (Lipinski definition) is 5. The van der Waals surface area contributed by atoms with Crippen molar-refractivity contribution in [2.45, 2.75) is 0 Å². The first-order chi connectivity index (χ1) is 12.6. The third-order valence-corrected chi connectivity index (χ3v) is 5.03. The molecule has 130 valence electrons. The summed E-state index contributed by atoms with van der Waals surface area (Å²) in [6.07, 6.45) is 0. The number of anilines is 2. The zero-order chi connectivity index (χ0) is 18.1. The predicted octanol–water partition coefficient (Wildman–Crippen LogP) is 4.16. The summed E-state index contributed by atoms with van der Waals surface area (Å²) in [5.41, 5.74) is 2.71. The maximum Gasteiger partial charge on any atom is 0.262 e. The number of nitrogens with one attached hydrogen (secondary N) is 2. The van der Waals surface area contributed by atoms with Crippen molar-refractivity contribution in [1.82, 2.24) is 4.98 Å². The fourth-order valence-corrected chi connectivity index (χ4v) is 3.46. The highest BCUT2D eigenvalue weighted by Gasteiger charge is 2.17. The van der Waals surface area contributed by atoms with Gasteiger partial charge in [0.2, 0.25) is 0 Å². The molecule has 1 aliphatic heterocycles. The van der Waals surface area contributed by atoms with Crippen molar-refractivity contribution in [1.29, 1.82) is 0 Å². The molecule has 0 saturated carbocycles. The lowest BCUT2D eigenvalue weighted by Gasteiger charge is -2.18. The Morgan fingerprint density at radius 3 is 2.85 bits per heavy atom. The Labute approximate surface area is 161 Å². The number of rotatable bonds is 3. The molecular formula is C18H12BrN3O3S. The normalized spacial score (nSPS) is 12.7. The number of halogens is 1. The Hall–Kier alpha value is -2.71. The minimum Gasteiger partial charge on any atom is -0.482 e. The maximum absolute atomic E-state index is 12.3. The van der Waals surface area contributed by atoms with Crippen molar-refractivity contribution in [3.8, 4) is 17.0 Å². The number of fused-ring (bicyclic) bond motifs is 1. The summed E-state index contributed by atoms with van der Waals surface area (Å²) in [6.45, 7) is 0.0231. The van der Waals surface area contributed by atoms with E-state index in [0.29, 0.717) is 27.8 Å². The van der Waals surface area contributed by atoms with Gasteiger partial charge in [0.15, 0.2) is 11.7 Å². The van der Waals surface area contributed by atoms with Gasteiger partial charge in [0.05, 0.1) is 11.4 Å². The van der Waals surface area contributed by atoms with E-state index < -0.39 is 0 Å². The number of thiazole rings is 1. The first kappa shape index (κ1) is 16.7. The summed E-state index contributed by atoms with van der Waals surface area (Å²) in [4.78, 5) is 28.2. The number of amides is 2. The van der Waals surface area contributed by atoms with Gasteiger partial charge >= 0.3 is 0 Å². The second-order valence-electron chi connectivity index (χ2n) is 5.55. The molecule has 0 spiro atoms. The van der Waals surface area contributed by atoms with E-state index in [1.807, 2.05) is 29.6 Å². The summed E-state index contributed by atoms with van der Waals surface area (Å²) in [5, 5.41) is 7.93. The van der Waals surface area contributed by atoms with Gasteiger partial charge in [-0.25, -0.2) is 4.98 Å². The third-order valence-electron chi connectivity index (χ3n) is 3.74. The Bertz CT molecular complexity index is 1000. The van der Waals surface area contributed by atoms with Crippen LogP contribution in [0.4, 0.5) is 10.8 Å². The number of benzene rings is 2. The van der Waals surface area contributed by atoms with Crippen molar-refractivity contribution in [2.24, 2.45) is 0 Å². The van der Waals surface area contributed by atoms with E-state index in [9.17, 15) is 9.59 Å². The number of carbonyl (C=O) groups is 2. The molecule has 2 N–H and O–H groups in total. The van der Waals surface area contributed by atoms with Crippen molar-refractivity contribution in [2.75, 3.05) is 17.2 Å². The fourth-order valence-electron chi connectivity index (χ4n) is 2.48. The summed E-state index contributed by atoms with van der Waals surface area (Å²) < 4.78 is 6.26. The Morgan fingerprint density at radius 2 is 2.04 bits per heavy atom. The lowest BCUT2D eigenvalue weighted by atomic mass is 10.1. The van der Waals surface area contributed by atoms with Crippen LogP contribution in [0.3, 0.4) is 0 Å². The van der Waals surface area contributed by atoms with E-state index in [-0.39, 0.29) is 18.4 Å². The average Bonchev–Trinajstić information content (AvgIpc) is 3.10. The maximum atomic E-state index is 12.3. The van der Waals surface area contributed by atoms with E-state index >= 15 is 0 Å². The van der Waals surface area contributed by atoms with Crippen LogP contribution in [0.15, 0.2) is 52.3 Å². The van der Waals surface area contributed by atoms with Gasteiger partial charge < -0.3 is 10.1 Å². The van der Waals surface area contributed by atoms with Crippen LogP contribution in [0, 0.1) is 0 Å².